The van der Waals surface area contributed by atoms with Gasteiger partial charge in [0.15, 0.2) is 0 Å². The first-order valence-corrected chi connectivity index (χ1v) is 15.5. The minimum absolute atomic E-state index is 0.132. The van der Waals surface area contributed by atoms with E-state index in [1.165, 1.54) is 44.8 Å². The van der Waals surface area contributed by atoms with Gasteiger partial charge >= 0.3 is 0 Å². The number of carbonyl (C=O) groups is 2. The lowest BCUT2D eigenvalue weighted by Crippen LogP contribution is -2.37. The van der Waals surface area contributed by atoms with Crippen molar-refractivity contribution in [1.82, 2.24) is 14.1 Å². The first-order chi connectivity index (χ1) is 17.7. The van der Waals surface area contributed by atoms with E-state index in [4.69, 9.17) is 0 Å². The van der Waals surface area contributed by atoms with E-state index in [-0.39, 0.29) is 28.5 Å². The smallest absolute Gasteiger partial charge is 0.256 e. The number of hydrogen-bond donors (Lipinski definition) is 1. The van der Waals surface area contributed by atoms with Gasteiger partial charge in [-0.25, -0.2) is 8.42 Å². The zero-order valence-electron chi connectivity index (χ0n) is 23.9. The first-order valence-electron chi connectivity index (χ1n) is 13.2. The molecule has 1 aromatic heterocycles. The van der Waals surface area contributed by atoms with Crippen molar-refractivity contribution in [3.05, 3.63) is 45.8 Å². The molecule has 1 N–H and O–H groups in total. The molecule has 10 heteroatoms. The van der Waals surface area contributed by atoms with Crippen LogP contribution >= 0.6 is 11.3 Å². The number of rotatable bonds is 10. The van der Waals surface area contributed by atoms with Crippen LogP contribution < -0.4 is 5.32 Å². The molecule has 0 atom stereocenters. The van der Waals surface area contributed by atoms with Gasteiger partial charge in [0.1, 0.15) is 5.00 Å². The van der Waals surface area contributed by atoms with Gasteiger partial charge in [0.2, 0.25) is 10.0 Å². The number of carbonyl (C=O) groups excluding carboxylic acids is 2. The van der Waals surface area contributed by atoms with Crippen LogP contribution in [0.4, 0.5) is 5.00 Å². The van der Waals surface area contributed by atoms with E-state index in [1.807, 2.05) is 27.7 Å². The summed E-state index contributed by atoms with van der Waals surface area (Å²) in [5, 5.41) is 3.49. The molecule has 0 spiro atoms. The molecule has 1 aliphatic heterocycles. The maximum absolute atomic E-state index is 13.3. The van der Waals surface area contributed by atoms with Crippen LogP contribution in [-0.2, 0) is 23.0 Å². The number of sulfonamides is 1. The Labute approximate surface area is 232 Å². The van der Waals surface area contributed by atoms with Gasteiger partial charge in [0, 0.05) is 56.8 Å². The van der Waals surface area contributed by atoms with E-state index in [2.05, 4.69) is 24.1 Å². The fourth-order valence-electron chi connectivity index (χ4n) is 4.59. The van der Waals surface area contributed by atoms with Gasteiger partial charge in [-0.3, -0.25) is 14.5 Å². The molecular formula is C28H42N4O4S2. The molecule has 38 heavy (non-hydrogen) atoms. The third kappa shape index (κ3) is 6.83. The fourth-order valence-corrected chi connectivity index (χ4v) is 7.62. The second kappa shape index (κ2) is 12.3. The van der Waals surface area contributed by atoms with Crippen molar-refractivity contribution in [2.45, 2.75) is 65.4 Å². The predicted octanol–water partition coefficient (Wildman–Crippen LogP) is 4.77. The van der Waals surface area contributed by atoms with E-state index in [0.717, 1.165) is 30.0 Å². The van der Waals surface area contributed by atoms with Crippen LogP contribution in [0.5, 0.6) is 0 Å². The molecule has 2 amide bonds. The van der Waals surface area contributed by atoms with Crippen molar-refractivity contribution in [1.29, 1.82) is 0 Å². The van der Waals surface area contributed by atoms with E-state index in [1.54, 1.807) is 14.1 Å². The largest absolute Gasteiger partial charge is 0.345 e. The van der Waals surface area contributed by atoms with Gasteiger partial charge < -0.3 is 10.2 Å². The zero-order valence-corrected chi connectivity index (χ0v) is 25.5. The van der Waals surface area contributed by atoms with Crippen LogP contribution in [0, 0.1) is 11.8 Å². The molecule has 1 aromatic carbocycles. The van der Waals surface area contributed by atoms with Gasteiger partial charge in [-0.2, -0.15) is 4.31 Å². The second-order valence-electron chi connectivity index (χ2n) is 11.3. The monoisotopic (exact) mass is 562 g/mol. The molecule has 1 aliphatic rings. The van der Waals surface area contributed by atoms with Gasteiger partial charge in [0.05, 0.1) is 10.5 Å². The maximum atomic E-state index is 13.3. The van der Waals surface area contributed by atoms with Gasteiger partial charge in [0.25, 0.3) is 11.8 Å². The predicted molar refractivity (Wildman–Crippen MR) is 154 cm³/mol. The maximum Gasteiger partial charge on any atom is 0.256 e. The molecule has 210 valence electrons. The van der Waals surface area contributed by atoms with Crippen LogP contribution in [-0.4, -0.2) is 74.1 Å². The van der Waals surface area contributed by atoms with Crippen molar-refractivity contribution < 1.29 is 18.0 Å². The summed E-state index contributed by atoms with van der Waals surface area (Å²) in [5.41, 5.74) is 1.91. The topological polar surface area (TPSA) is 90.0 Å². The summed E-state index contributed by atoms with van der Waals surface area (Å²) in [7, 11) is -0.264. The summed E-state index contributed by atoms with van der Waals surface area (Å²) in [4.78, 5) is 31.5. The lowest BCUT2D eigenvalue weighted by atomic mass is 10.0. The molecular weight excluding hydrogens is 520 g/mol. The summed E-state index contributed by atoms with van der Waals surface area (Å²) in [6.45, 7) is 14.8. The number of benzene rings is 1. The van der Waals surface area contributed by atoms with Gasteiger partial charge in [-0.15, -0.1) is 11.3 Å². The number of hydrogen-bond acceptors (Lipinski definition) is 6. The van der Waals surface area contributed by atoms with Gasteiger partial charge in [-0.05, 0) is 61.9 Å². The number of nitrogens with zero attached hydrogens (tertiary/aromatic N) is 3. The van der Waals surface area contributed by atoms with Crippen molar-refractivity contribution in [3.63, 3.8) is 0 Å². The van der Waals surface area contributed by atoms with Crippen molar-refractivity contribution in [2.24, 2.45) is 11.8 Å². The van der Waals surface area contributed by atoms with Crippen LogP contribution in [0.2, 0.25) is 0 Å². The van der Waals surface area contributed by atoms with E-state index in [0.29, 0.717) is 35.3 Å². The van der Waals surface area contributed by atoms with Crippen LogP contribution in [0.15, 0.2) is 29.2 Å². The minimum Gasteiger partial charge on any atom is -0.345 e. The molecule has 0 unspecified atom stereocenters. The number of anilines is 1. The molecule has 0 fully saturated rings. The average molecular weight is 563 g/mol. The third-order valence-electron chi connectivity index (χ3n) is 6.56. The Bertz CT molecular complexity index is 1240. The second-order valence-corrected chi connectivity index (χ2v) is 14.4. The zero-order chi connectivity index (χ0) is 28.4. The standard InChI is InChI=1S/C28H42N4O4S2/c1-18(2)15-32(16-19(3)4)38(35,36)22-11-9-21(10-12-22)26(33)29-27-25(28(34)30(7)8)23-13-14-31(20(5)6)17-24(23)37-27/h9-12,18-20H,13-17H2,1-8H3,(H,29,33). The Morgan fingerprint density at radius 2 is 1.58 bits per heavy atom. The Hall–Kier alpha value is -2.27. The third-order valence-corrected chi connectivity index (χ3v) is 9.53. The number of nitrogens with one attached hydrogen (secondary N) is 1. The van der Waals surface area contributed by atoms with Crippen LogP contribution in [0.25, 0.3) is 0 Å². The van der Waals surface area contributed by atoms with Crippen LogP contribution in [0.3, 0.4) is 0 Å². The lowest BCUT2D eigenvalue weighted by molar-refractivity contribution is 0.0827. The summed E-state index contributed by atoms with van der Waals surface area (Å²) in [5.74, 6) is -0.122. The summed E-state index contributed by atoms with van der Waals surface area (Å²) in [6.07, 6.45) is 0.755. The molecule has 2 heterocycles. The summed E-state index contributed by atoms with van der Waals surface area (Å²) in [6, 6.07) is 6.44. The SMILES string of the molecule is CC(C)CN(CC(C)C)S(=O)(=O)c1ccc(C(=O)Nc2sc3c(c2C(=O)N(C)C)CCN(C(C)C)C3)cc1. The molecule has 0 saturated heterocycles. The van der Waals surface area contributed by atoms with Crippen molar-refractivity contribution in [3.8, 4) is 0 Å². The molecule has 0 saturated carbocycles. The number of amides is 2. The minimum atomic E-state index is -3.69. The highest BCUT2D eigenvalue weighted by Crippen LogP contribution is 2.38. The quantitative estimate of drug-likeness (QED) is 0.451. The molecule has 0 aliphatic carbocycles. The first kappa shape index (κ1) is 30.3. The van der Waals surface area contributed by atoms with E-state index >= 15 is 0 Å². The van der Waals surface area contributed by atoms with E-state index < -0.39 is 10.0 Å². The summed E-state index contributed by atoms with van der Waals surface area (Å²) < 4.78 is 28.2. The number of fused-ring (bicyclic) bond motifs is 1. The highest BCUT2D eigenvalue weighted by molar-refractivity contribution is 7.89. The number of thiophene rings is 1. The molecule has 8 nitrogen and oxygen atoms in total. The normalized spacial score (nSPS) is 14.4. The fraction of sp³-hybridized carbons (Fsp3) is 0.571. The lowest BCUT2D eigenvalue weighted by Gasteiger charge is -2.30. The highest BCUT2D eigenvalue weighted by atomic mass is 32.2. The summed E-state index contributed by atoms with van der Waals surface area (Å²) >= 11 is 1.45. The average Bonchev–Trinajstić information content (AvgIpc) is 3.19. The Kier molecular flexibility index (Phi) is 9.78. The molecule has 2 aromatic rings. The van der Waals surface area contributed by atoms with Gasteiger partial charge in [-0.1, -0.05) is 27.7 Å². The van der Waals surface area contributed by atoms with E-state index in [9.17, 15) is 18.0 Å². The Balaban J connectivity index is 1.87. The van der Waals surface area contributed by atoms with Crippen molar-refractivity contribution in [2.75, 3.05) is 39.0 Å². The Morgan fingerprint density at radius 1 is 1.00 bits per heavy atom. The Morgan fingerprint density at radius 3 is 2.08 bits per heavy atom. The highest BCUT2D eigenvalue weighted by Gasteiger charge is 2.31. The molecule has 0 radical (unpaired) electrons. The molecule has 0 bridgehead atoms. The van der Waals surface area contributed by atoms with Crippen LogP contribution in [0.1, 0.15) is 72.7 Å². The van der Waals surface area contributed by atoms with Crippen molar-refractivity contribution >= 4 is 38.2 Å². The molecule has 3 rings (SSSR count).